The molecule has 2 N–H and O–H groups in total. The lowest BCUT2D eigenvalue weighted by Gasteiger charge is -2.11. The molecule has 4 heteroatoms. The molecule has 0 bridgehead atoms. The van der Waals surface area contributed by atoms with Crippen LogP contribution in [0.4, 0.5) is 0 Å². The Balaban J connectivity index is 0.00000200. The highest BCUT2D eigenvalue weighted by Gasteiger charge is 2.17. The Morgan fingerprint density at radius 2 is 1.70 bits per heavy atom. The number of hydrogen-bond acceptors (Lipinski definition) is 3. The number of benzene rings is 2. The van der Waals surface area contributed by atoms with Crippen LogP contribution >= 0.6 is 12.4 Å². The van der Waals surface area contributed by atoms with Gasteiger partial charge in [-0.3, -0.25) is 4.79 Å². The summed E-state index contributed by atoms with van der Waals surface area (Å²) in [7, 11) is 0. The van der Waals surface area contributed by atoms with Crippen molar-refractivity contribution in [1.82, 2.24) is 0 Å². The van der Waals surface area contributed by atoms with E-state index in [1.807, 2.05) is 37.3 Å². The maximum absolute atomic E-state index is 12.2. The normalized spacial score (nSPS) is 11.3. The van der Waals surface area contributed by atoms with Gasteiger partial charge in [0.15, 0.2) is 5.78 Å². The highest BCUT2D eigenvalue weighted by molar-refractivity contribution is 6.00. The largest absolute Gasteiger partial charge is 0.494 e. The molecule has 2 rings (SSSR count). The third-order valence-electron chi connectivity index (χ3n) is 2.89. The van der Waals surface area contributed by atoms with Gasteiger partial charge in [0.2, 0.25) is 0 Å². The lowest BCUT2D eigenvalue weighted by molar-refractivity contribution is 0.0961. The maximum atomic E-state index is 12.2. The van der Waals surface area contributed by atoms with Gasteiger partial charge in [-0.2, -0.15) is 0 Å². The van der Waals surface area contributed by atoms with Crippen molar-refractivity contribution in [3.63, 3.8) is 0 Å². The fraction of sp³-hybridized carbons (Fsp3) is 0.188. The lowest BCUT2D eigenvalue weighted by Crippen LogP contribution is -2.21. The van der Waals surface area contributed by atoms with E-state index in [1.165, 1.54) is 0 Å². The van der Waals surface area contributed by atoms with Gasteiger partial charge in [-0.1, -0.05) is 30.3 Å². The van der Waals surface area contributed by atoms with E-state index in [0.717, 1.165) is 11.3 Å². The average molecular weight is 292 g/mol. The van der Waals surface area contributed by atoms with E-state index in [0.29, 0.717) is 12.2 Å². The molecule has 0 fully saturated rings. The quantitative estimate of drug-likeness (QED) is 0.859. The molecular formula is C16H18ClNO2. The zero-order chi connectivity index (χ0) is 13.7. The molecule has 1 unspecified atom stereocenters. The molecule has 0 aliphatic carbocycles. The van der Waals surface area contributed by atoms with E-state index in [4.69, 9.17) is 10.5 Å². The van der Waals surface area contributed by atoms with Gasteiger partial charge in [0.1, 0.15) is 5.75 Å². The van der Waals surface area contributed by atoms with Crippen LogP contribution in [0.3, 0.4) is 0 Å². The first-order chi connectivity index (χ1) is 9.22. The zero-order valence-corrected chi connectivity index (χ0v) is 12.1. The maximum Gasteiger partial charge on any atom is 0.184 e. The summed E-state index contributed by atoms with van der Waals surface area (Å²) in [5.74, 6) is 0.668. The number of rotatable bonds is 5. The number of Topliss-reactive ketones (excluding diaryl/α,β-unsaturated/α-hetero) is 1. The topological polar surface area (TPSA) is 52.3 Å². The van der Waals surface area contributed by atoms with Crippen LogP contribution in [0.1, 0.15) is 28.9 Å². The van der Waals surface area contributed by atoms with Gasteiger partial charge in [0.25, 0.3) is 0 Å². The van der Waals surface area contributed by atoms with Crippen molar-refractivity contribution in [2.45, 2.75) is 13.0 Å². The molecule has 20 heavy (non-hydrogen) atoms. The number of ether oxygens (including phenoxy) is 1. The molecule has 2 aromatic rings. The minimum Gasteiger partial charge on any atom is -0.494 e. The molecule has 0 radical (unpaired) electrons. The van der Waals surface area contributed by atoms with Crippen LogP contribution in [0.15, 0.2) is 54.6 Å². The summed E-state index contributed by atoms with van der Waals surface area (Å²) in [6.07, 6.45) is 0. The van der Waals surface area contributed by atoms with Gasteiger partial charge in [0, 0.05) is 5.56 Å². The number of ketones is 1. The molecule has 0 heterocycles. The number of hydrogen-bond donors (Lipinski definition) is 1. The molecule has 0 saturated heterocycles. The highest BCUT2D eigenvalue weighted by atomic mass is 35.5. The van der Waals surface area contributed by atoms with Crippen LogP contribution in [-0.4, -0.2) is 12.4 Å². The van der Waals surface area contributed by atoms with E-state index in [-0.39, 0.29) is 18.2 Å². The molecular weight excluding hydrogens is 274 g/mol. The van der Waals surface area contributed by atoms with Crippen molar-refractivity contribution in [3.8, 4) is 5.75 Å². The van der Waals surface area contributed by atoms with Crippen LogP contribution in [-0.2, 0) is 0 Å². The first kappa shape index (κ1) is 16.2. The van der Waals surface area contributed by atoms with Crippen LogP contribution in [0.5, 0.6) is 5.75 Å². The Labute approximate surface area is 125 Å². The fourth-order valence-corrected chi connectivity index (χ4v) is 1.87. The van der Waals surface area contributed by atoms with Crippen LogP contribution in [0.25, 0.3) is 0 Å². The molecule has 0 aliphatic rings. The van der Waals surface area contributed by atoms with Crippen molar-refractivity contribution in [3.05, 3.63) is 65.7 Å². The van der Waals surface area contributed by atoms with Crippen molar-refractivity contribution in [2.75, 3.05) is 6.61 Å². The number of carbonyl (C=O) groups excluding carboxylic acids is 1. The molecule has 0 amide bonds. The van der Waals surface area contributed by atoms with E-state index in [1.54, 1.807) is 24.3 Å². The van der Waals surface area contributed by atoms with Crippen molar-refractivity contribution < 1.29 is 9.53 Å². The number of nitrogens with two attached hydrogens (primary N) is 1. The lowest BCUT2D eigenvalue weighted by atomic mass is 9.98. The third kappa shape index (κ3) is 3.83. The second kappa shape index (κ2) is 7.68. The second-order valence-corrected chi connectivity index (χ2v) is 4.21. The first-order valence-electron chi connectivity index (χ1n) is 6.30. The SMILES string of the molecule is CCOc1ccc(C(=O)C(N)c2ccccc2)cc1.Cl. The standard InChI is InChI=1S/C16H17NO2.ClH/c1-2-19-14-10-8-13(9-11-14)16(18)15(17)12-6-4-3-5-7-12;/h3-11,15H,2,17H2,1H3;1H. The third-order valence-corrected chi connectivity index (χ3v) is 2.89. The molecule has 0 aliphatic heterocycles. The minimum absolute atomic E-state index is 0. The van der Waals surface area contributed by atoms with Gasteiger partial charge in [-0.05, 0) is 36.8 Å². The van der Waals surface area contributed by atoms with Gasteiger partial charge in [-0.15, -0.1) is 12.4 Å². The van der Waals surface area contributed by atoms with E-state index >= 15 is 0 Å². The summed E-state index contributed by atoms with van der Waals surface area (Å²) in [6.45, 7) is 2.53. The van der Waals surface area contributed by atoms with Gasteiger partial charge >= 0.3 is 0 Å². The predicted octanol–water partition coefficient (Wildman–Crippen LogP) is 3.39. The van der Waals surface area contributed by atoms with E-state index in [2.05, 4.69) is 0 Å². The average Bonchev–Trinajstić information content (AvgIpc) is 2.48. The summed E-state index contributed by atoms with van der Waals surface area (Å²) in [6, 6.07) is 15.8. The van der Waals surface area contributed by atoms with Crippen LogP contribution in [0, 0.1) is 0 Å². The van der Waals surface area contributed by atoms with E-state index in [9.17, 15) is 4.79 Å². The summed E-state index contributed by atoms with van der Waals surface area (Å²) >= 11 is 0. The molecule has 0 aromatic heterocycles. The Hall–Kier alpha value is -1.84. The summed E-state index contributed by atoms with van der Waals surface area (Å²) in [5.41, 5.74) is 7.40. The fourth-order valence-electron chi connectivity index (χ4n) is 1.87. The first-order valence-corrected chi connectivity index (χ1v) is 6.30. The van der Waals surface area contributed by atoms with Gasteiger partial charge in [0.05, 0.1) is 12.6 Å². The summed E-state index contributed by atoms with van der Waals surface area (Å²) < 4.78 is 5.34. The highest BCUT2D eigenvalue weighted by Crippen LogP contribution is 2.18. The monoisotopic (exact) mass is 291 g/mol. The molecule has 0 spiro atoms. The molecule has 1 atom stereocenters. The summed E-state index contributed by atoms with van der Waals surface area (Å²) in [5, 5.41) is 0. The molecule has 106 valence electrons. The number of carbonyl (C=O) groups is 1. The van der Waals surface area contributed by atoms with Crippen molar-refractivity contribution in [2.24, 2.45) is 5.73 Å². The van der Waals surface area contributed by atoms with Crippen molar-refractivity contribution in [1.29, 1.82) is 0 Å². The van der Waals surface area contributed by atoms with Crippen molar-refractivity contribution >= 4 is 18.2 Å². The molecule has 2 aromatic carbocycles. The predicted molar refractivity (Wildman–Crippen MR) is 82.6 cm³/mol. The Bertz CT molecular complexity index is 540. The Morgan fingerprint density at radius 1 is 1.10 bits per heavy atom. The van der Waals surface area contributed by atoms with E-state index < -0.39 is 6.04 Å². The smallest absolute Gasteiger partial charge is 0.184 e. The zero-order valence-electron chi connectivity index (χ0n) is 11.3. The van der Waals surface area contributed by atoms with Gasteiger partial charge in [-0.25, -0.2) is 0 Å². The second-order valence-electron chi connectivity index (χ2n) is 4.21. The van der Waals surface area contributed by atoms with Crippen LogP contribution < -0.4 is 10.5 Å². The molecule has 0 saturated carbocycles. The Kier molecular flexibility index (Phi) is 6.22. The van der Waals surface area contributed by atoms with Gasteiger partial charge < -0.3 is 10.5 Å². The summed E-state index contributed by atoms with van der Waals surface area (Å²) in [4.78, 5) is 12.2. The minimum atomic E-state index is -0.626. The Morgan fingerprint density at radius 3 is 2.25 bits per heavy atom. The molecule has 3 nitrogen and oxygen atoms in total. The van der Waals surface area contributed by atoms with Crippen LogP contribution in [0.2, 0.25) is 0 Å². The number of halogens is 1.